The molecule has 0 fully saturated rings. The summed E-state index contributed by atoms with van der Waals surface area (Å²) >= 11 is 0. The van der Waals surface area contributed by atoms with Crippen molar-refractivity contribution in [3.8, 4) is 0 Å². The summed E-state index contributed by atoms with van der Waals surface area (Å²) in [4.78, 5) is 22.5. The molecule has 0 heterocycles. The van der Waals surface area contributed by atoms with E-state index in [0.717, 1.165) is 31.8 Å². The Bertz CT molecular complexity index is 390. The summed E-state index contributed by atoms with van der Waals surface area (Å²) in [6.45, 7) is 4.12. The fourth-order valence-corrected chi connectivity index (χ4v) is 2.74. The maximum atomic E-state index is 11.7. The Labute approximate surface area is 152 Å². The van der Waals surface area contributed by atoms with Crippen LogP contribution < -0.4 is 0 Å². The third-order valence-corrected chi connectivity index (χ3v) is 4.12. The maximum absolute atomic E-state index is 11.7. The quantitative estimate of drug-likeness (QED) is 0.164. The molecule has 5 nitrogen and oxygen atoms in total. The van der Waals surface area contributed by atoms with E-state index < -0.39 is 18.0 Å². The Morgan fingerprint density at radius 3 is 1.96 bits per heavy atom. The number of ether oxygens (including phenoxy) is 1. The molecule has 0 aromatic heterocycles. The molecule has 25 heavy (non-hydrogen) atoms. The zero-order chi connectivity index (χ0) is 18.9. The van der Waals surface area contributed by atoms with Gasteiger partial charge in [0, 0.05) is 6.42 Å². The van der Waals surface area contributed by atoms with Crippen molar-refractivity contribution in [1.29, 1.82) is 0 Å². The molecular formula is C20H36O5. The van der Waals surface area contributed by atoms with E-state index in [1.54, 1.807) is 0 Å². The summed E-state index contributed by atoms with van der Waals surface area (Å²) in [6, 6.07) is 0. The molecule has 0 rings (SSSR count). The van der Waals surface area contributed by atoms with Crippen LogP contribution in [0.5, 0.6) is 0 Å². The van der Waals surface area contributed by atoms with Gasteiger partial charge >= 0.3 is 11.9 Å². The average molecular weight is 357 g/mol. The number of carboxylic acid groups (broad SMARTS) is 1. The minimum absolute atomic E-state index is 0.0125. The van der Waals surface area contributed by atoms with Crippen molar-refractivity contribution in [2.24, 2.45) is 0 Å². The number of carbonyl (C=O) groups is 2. The van der Waals surface area contributed by atoms with Gasteiger partial charge in [0.1, 0.15) is 6.10 Å². The number of esters is 1. The number of aliphatic hydroxyl groups is 1. The van der Waals surface area contributed by atoms with Crippen LogP contribution in [-0.2, 0) is 14.3 Å². The van der Waals surface area contributed by atoms with Crippen LogP contribution in [0.25, 0.3) is 0 Å². The molecule has 0 saturated carbocycles. The molecule has 5 heteroatoms. The monoisotopic (exact) mass is 356 g/mol. The van der Waals surface area contributed by atoms with E-state index in [2.05, 4.69) is 6.92 Å². The van der Waals surface area contributed by atoms with Gasteiger partial charge < -0.3 is 14.9 Å². The van der Waals surface area contributed by atoms with E-state index in [4.69, 9.17) is 9.84 Å². The van der Waals surface area contributed by atoms with Crippen LogP contribution in [0.1, 0.15) is 97.3 Å². The number of hydrogen-bond donors (Lipinski definition) is 2. The van der Waals surface area contributed by atoms with E-state index in [-0.39, 0.29) is 12.2 Å². The standard InChI is InChI=1S/C20H36O5/c1-3-5-6-7-8-9-10-11-12-14-17(21)15-20(24)25-18(13-4-2)16-19(22)23/h15,18,21H,3-14,16H2,1-2H3,(H,22,23). The van der Waals surface area contributed by atoms with Crippen LogP contribution in [0.15, 0.2) is 11.8 Å². The lowest BCUT2D eigenvalue weighted by Gasteiger charge is -2.14. The Morgan fingerprint density at radius 2 is 1.44 bits per heavy atom. The molecule has 1 unspecified atom stereocenters. The van der Waals surface area contributed by atoms with Gasteiger partial charge in [-0.1, -0.05) is 71.6 Å². The molecule has 2 N–H and O–H groups in total. The van der Waals surface area contributed by atoms with Crippen molar-refractivity contribution < 1.29 is 24.5 Å². The number of aliphatic hydroxyl groups excluding tert-OH is 1. The molecule has 0 bridgehead atoms. The predicted octanol–water partition coefficient (Wildman–Crippen LogP) is 5.54. The van der Waals surface area contributed by atoms with Crippen molar-refractivity contribution in [1.82, 2.24) is 0 Å². The van der Waals surface area contributed by atoms with Gasteiger partial charge in [-0.3, -0.25) is 4.79 Å². The van der Waals surface area contributed by atoms with Crippen molar-refractivity contribution in [2.45, 2.75) is 103 Å². The first-order valence-corrected chi connectivity index (χ1v) is 9.81. The van der Waals surface area contributed by atoms with E-state index in [1.165, 1.54) is 38.5 Å². The second-order valence-electron chi connectivity index (χ2n) is 6.66. The SMILES string of the molecule is CCCCCCCCCCCC(O)=CC(=O)OC(CCC)CC(=O)O. The van der Waals surface area contributed by atoms with Gasteiger partial charge in [0.05, 0.1) is 18.3 Å². The third kappa shape index (κ3) is 15.7. The van der Waals surface area contributed by atoms with Crippen molar-refractivity contribution in [2.75, 3.05) is 0 Å². The van der Waals surface area contributed by atoms with Gasteiger partial charge in [-0.2, -0.15) is 0 Å². The van der Waals surface area contributed by atoms with Crippen LogP contribution in [-0.4, -0.2) is 28.3 Å². The van der Waals surface area contributed by atoms with Gasteiger partial charge in [0.25, 0.3) is 0 Å². The highest BCUT2D eigenvalue weighted by atomic mass is 16.5. The summed E-state index contributed by atoms with van der Waals surface area (Å²) in [6.07, 6.45) is 12.7. The number of carboxylic acids is 1. The first-order chi connectivity index (χ1) is 12.0. The lowest BCUT2D eigenvalue weighted by atomic mass is 10.1. The van der Waals surface area contributed by atoms with Crippen molar-refractivity contribution in [3.63, 3.8) is 0 Å². The Kier molecular flexibility index (Phi) is 15.0. The number of hydrogen-bond acceptors (Lipinski definition) is 4. The van der Waals surface area contributed by atoms with Gasteiger partial charge in [0.2, 0.25) is 0 Å². The van der Waals surface area contributed by atoms with Crippen LogP contribution in [0.3, 0.4) is 0 Å². The van der Waals surface area contributed by atoms with Crippen molar-refractivity contribution >= 4 is 11.9 Å². The molecule has 146 valence electrons. The first kappa shape index (κ1) is 23.5. The molecule has 0 aromatic carbocycles. The van der Waals surface area contributed by atoms with E-state index >= 15 is 0 Å². The largest absolute Gasteiger partial charge is 0.512 e. The van der Waals surface area contributed by atoms with Crippen molar-refractivity contribution in [3.05, 3.63) is 11.8 Å². The number of rotatable bonds is 16. The normalized spacial score (nSPS) is 12.8. The Morgan fingerprint density at radius 1 is 0.880 bits per heavy atom. The van der Waals surface area contributed by atoms with E-state index in [1.807, 2.05) is 6.92 Å². The van der Waals surface area contributed by atoms with Crippen LogP contribution >= 0.6 is 0 Å². The smallest absolute Gasteiger partial charge is 0.334 e. The second kappa shape index (κ2) is 16.0. The minimum atomic E-state index is -0.992. The molecule has 0 spiro atoms. The summed E-state index contributed by atoms with van der Waals surface area (Å²) in [5.41, 5.74) is 0. The third-order valence-electron chi connectivity index (χ3n) is 4.12. The minimum Gasteiger partial charge on any atom is -0.512 e. The highest BCUT2D eigenvalue weighted by molar-refractivity contribution is 5.82. The molecule has 0 aromatic rings. The van der Waals surface area contributed by atoms with E-state index in [9.17, 15) is 14.7 Å². The van der Waals surface area contributed by atoms with Crippen LogP contribution in [0.4, 0.5) is 0 Å². The second-order valence-corrected chi connectivity index (χ2v) is 6.66. The molecule has 0 aliphatic rings. The summed E-state index contributed by atoms with van der Waals surface area (Å²) in [5.74, 6) is -1.64. The molecule has 0 radical (unpaired) electrons. The predicted molar refractivity (Wildman–Crippen MR) is 99.6 cm³/mol. The molecule has 0 saturated heterocycles. The summed E-state index contributed by atoms with van der Waals surface area (Å²) in [7, 11) is 0. The van der Waals surface area contributed by atoms with Crippen LogP contribution in [0, 0.1) is 0 Å². The fourth-order valence-electron chi connectivity index (χ4n) is 2.74. The Hall–Kier alpha value is -1.52. The molecule has 0 amide bonds. The molecule has 0 aliphatic carbocycles. The van der Waals surface area contributed by atoms with Crippen LogP contribution in [0.2, 0.25) is 0 Å². The highest BCUT2D eigenvalue weighted by Crippen LogP contribution is 2.13. The Balaban J connectivity index is 3.87. The zero-order valence-electron chi connectivity index (χ0n) is 16.0. The van der Waals surface area contributed by atoms with Gasteiger partial charge in [0.15, 0.2) is 0 Å². The summed E-state index contributed by atoms with van der Waals surface area (Å²) < 4.78 is 5.11. The number of unbranched alkanes of at least 4 members (excludes halogenated alkanes) is 8. The average Bonchev–Trinajstić information content (AvgIpc) is 2.52. The summed E-state index contributed by atoms with van der Waals surface area (Å²) in [5, 5.41) is 18.6. The maximum Gasteiger partial charge on any atom is 0.334 e. The first-order valence-electron chi connectivity index (χ1n) is 9.81. The molecule has 1 atom stereocenters. The molecular weight excluding hydrogens is 320 g/mol. The van der Waals surface area contributed by atoms with Gasteiger partial charge in [-0.25, -0.2) is 4.79 Å². The lowest BCUT2D eigenvalue weighted by molar-refractivity contribution is -0.148. The highest BCUT2D eigenvalue weighted by Gasteiger charge is 2.16. The zero-order valence-corrected chi connectivity index (χ0v) is 16.0. The number of allylic oxidation sites excluding steroid dienone is 1. The van der Waals surface area contributed by atoms with Gasteiger partial charge in [-0.15, -0.1) is 0 Å². The fraction of sp³-hybridized carbons (Fsp3) is 0.800. The number of carbonyl (C=O) groups excluding carboxylic acids is 1. The topological polar surface area (TPSA) is 83.8 Å². The molecule has 0 aliphatic heterocycles. The van der Waals surface area contributed by atoms with Gasteiger partial charge in [-0.05, 0) is 12.8 Å². The number of aliphatic carboxylic acids is 1. The lowest BCUT2D eigenvalue weighted by Crippen LogP contribution is -2.20. The van der Waals surface area contributed by atoms with E-state index in [0.29, 0.717) is 12.8 Å².